The van der Waals surface area contributed by atoms with Crippen molar-refractivity contribution in [1.29, 1.82) is 0 Å². The SMILES string of the molecule is COc1ccc(C(=O)ON=C2c3ccccc3-c3nc4ccccc4nc32)cc1. The number of carbonyl (C=O) groups excluding carboxylic acids is 1. The number of fused-ring (bicyclic) bond motifs is 4. The van der Waals surface area contributed by atoms with Gasteiger partial charge in [0.15, 0.2) is 0 Å². The third-order valence-corrected chi connectivity index (χ3v) is 4.78. The van der Waals surface area contributed by atoms with E-state index in [0.29, 0.717) is 22.7 Å². The zero-order valence-electron chi connectivity index (χ0n) is 15.5. The molecule has 0 amide bonds. The van der Waals surface area contributed by atoms with Crippen LogP contribution in [-0.2, 0) is 4.84 Å². The summed E-state index contributed by atoms with van der Waals surface area (Å²) in [4.78, 5) is 27.2. The second kappa shape index (κ2) is 6.83. The molecule has 3 aromatic carbocycles. The number of benzene rings is 3. The van der Waals surface area contributed by atoms with Crippen molar-refractivity contribution < 1.29 is 14.4 Å². The molecule has 5 rings (SSSR count). The predicted octanol–water partition coefficient (Wildman–Crippen LogP) is 4.23. The molecule has 0 radical (unpaired) electrons. The van der Waals surface area contributed by atoms with Gasteiger partial charge in [0.25, 0.3) is 0 Å². The largest absolute Gasteiger partial charge is 0.497 e. The number of para-hydroxylation sites is 2. The Morgan fingerprint density at radius 2 is 1.41 bits per heavy atom. The summed E-state index contributed by atoms with van der Waals surface area (Å²) in [5, 5.41) is 4.16. The highest BCUT2D eigenvalue weighted by Crippen LogP contribution is 2.35. The summed E-state index contributed by atoms with van der Waals surface area (Å²) in [6, 6.07) is 22.0. The Balaban J connectivity index is 1.56. The van der Waals surface area contributed by atoms with Crippen molar-refractivity contribution in [2.75, 3.05) is 7.11 Å². The Morgan fingerprint density at radius 1 is 0.793 bits per heavy atom. The van der Waals surface area contributed by atoms with E-state index in [1.54, 1.807) is 31.4 Å². The molecule has 0 fully saturated rings. The molecule has 6 nitrogen and oxygen atoms in total. The van der Waals surface area contributed by atoms with Gasteiger partial charge in [0.05, 0.1) is 29.4 Å². The maximum absolute atomic E-state index is 12.4. The molecule has 1 aromatic heterocycles. The molecule has 0 atom stereocenters. The molecular weight excluding hydrogens is 366 g/mol. The minimum Gasteiger partial charge on any atom is -0.497 e. The molecule has 4 aromatic rings. The molecule has 0 saturated heterocycles. The van der Waals surface area contributed by atoms with Gasteiger partial charge in [0, 0.05) is 11.1 Å². The summed E-state index contributed by atoms with van der Waals surface area (Å²) < 4.78 is 5.11. The van der Waals surface area contributed by atoms with E-state index in [1.807, 2.05) is 48.5 Å². The lowest BCUT2D eigenvalue weighted by atomic mass is 10.1. The molecule has 1 heterocycles. The van der Waals surface area contributed by atoms with E-state index >= 15 is 0 Å². The number of hydrogen-bond donors (Lipinski definition) is 0. The third-order valence-electron chi connectivity index (χ3n) is 4.78. The Hall–Kier alpha value is -4.06. The van der Waals surface area contributed by atoms with Crippen LogP contribution in [0.15, 0.2) is 78.0 Å². The van der Waals surface area contributed by atoms with Gasteiger partial charge in [0.1, 0.15) is 17.2 Å². The number of hydrogen-bond acceptors (Lipinski definition) is 6. The molecule has 1 aliphatic carbocycles. The van der Waals surface area contributed by atoms with Crippen LogP contribution in [0.5, 0.6) is 5.75 Å². The summed E-state index contributed by atoms with van der Waals surface area (Å²) in [6.45, 7) is 0. The normalized spacial score (nSPS) is 13.2. The zero-order chi connectivity index (χ0) is 19.8. The minimum atomic E-state index is -0.556. The fraction of sp³-hybridized carbons (Fsp3) is 0.0435. The lowest BCUT2D eigenvalue weighted by Crippen LogP contribution is -2.07. The van der Waals surface area contributed by atoms with E-state index in [2.05, 4.69) is 5.16 Å². The van der Waals surface area contributed by atoms with Crippen LogP contribution in [0.3, 0.4) is 0 Å². The average molecular weight is 381 g/mol. The molecule has 0 aliphatic heterocycles. The number of ether oxygens (including phenoxy) is 1. The third kappa shape index (κ3) is 2.91. The quantitative estimate of drug-likeness (QED) is 0.345. The fourth-order valence-corrected chi connectivity index (χ4v) is 3.34. The summed E-state index contributed by atoms with van der Waals surface area (Å²) in [7, 11) is 1.57. The molecule has 29 heavy (non-hydrogen) atoms. The van der Waals surface area contributed by atoms with Crippen molar-refractivity contribution in [1.82, 2.24) is 9.97 Å². The zero-order valence-corrected chi connectivity index (χ0v) is 15.5. The van der Waals surface area contributed by atoms with Gasteiger partial charge in [0.2, 0.25) is 0 Å². The van der Waals surface area contributed by atoms with Crippen LogP contribution in [0.2, 0.25) is 0 Å². The Labute approximate surface area is 166 Å². The summed E-state index contributed by atoms with van der Waals surface area (Å²) >= 11 is 0. The van der Waals surface area contributed by atoms with E-state index in [1.165, 1.54) is 0 Å². The minimum absolute atomic E-state index is 0.381. The number of methoxy groups -OCH3 is 1. The standard InChI is InChI=1S/C23H15N3O3/c1-28-15-12-10-14(11-13-15)23(27)29-26-21-17-7-3-2-6-16(17)20-22(21)25-19-9-5-4-8-18(19)24-20/h2-13H,1H3. The van der Waals surface area contributed by atoms with E-state index < -0.39 is 5.97 Å². The molecular formula is C23H15N3O3. The lowest BCUT2D eigenvalue weighted by molar-refractivity contribution is 0.0517. The fourth-order valence-electron chi connectivity index (χ4n) is 3.34. The van der Waals surface area contributed by atoms with Crippen molar-refractivity contribution in [2.45, 2.75) is 0 Å². The summed E-state index contributed by atoms with van der Waals surface area (Å²) in [6.07, 6.45) is 0. The molecule has 140 valence electrons. The molecule has 1 aliphatic rings. The van der Waals surface area contributed by atoms with Crippen molar-refractivity contribution in [3.8, 4) is 17.0 Å². The van der Waals surface area contributed by atoms with Gasteiger partial charge >= 0.3 is 5.97 Å². The van der Waals surface area contributed by atoms with Gasteiger partial charge in [-0.1, -0.05) is 41.6 Å². The average Bonchev–Trinajstić information content (AvgIpc) is 3.08. The van der Waals surface area contributed by atoms with Crippen LogP contribution in [-0.4, -0.2) is 28.8 Å². The second-order valence-corrected chi connectivity index (χ2v) is 6.50. The van der Waals surface area contributed by atoms with Crippen LogP contribution in [0, 0.1) is 0 Å². The first-order valence-corrected chi connectivity index (χ1v) is 9.05. The van der Waals surface area contributed by atoms with Gasteiger partial charge in [-0.25, -0.2) is 14.8 Å². The maximum atomic E-state index is 12.4. The summed E-state index contributed by atoms with van der Waals surface area (Å²) in [5.74, 6) is 0.105. The predicted molar refractivity (Wildman–Crippen MR) is 109 cm³/mol. The molecule has 0 N–H and O–H groups in total. The highest BCUT2D eigenvalue weighted by molar-refractivity contribution is 6.23. The van der Waals surface area contributed by atoms with Crippen LogP contribution >= 0.6 is 0 Å². The second-order valence-electron chi connectivity index (χ2n) is 6.50. The Kier molecular flexibility index (Phi) is 4.02. The number of carbonyl (C=O) groups is 1. The van der Waals surface area contributed by atoms with Crippen LogP contribution < -0.4 is 4.74 Å². The van der Waals surface area contributed by atoms with Crippen molar-refractivity contribution in [3.05, 3.63) is 89.6 Å². The molecule has 0 unspecified atom stereocenters. The Morgan fingerprint density at radius 3 is 2.10 bits per heavy atom. The van der Waals surface area contributed by atoms with Crippen LogP contribution in [0.1, 0.15) is 21.6 Å². The highest BCUT2D eigenvalue weighted by Gasteiger charge is 2.29. The first-order valence-electron chi connectivity index (χ1n) is 9.05. The lowest BCUT2D eigenvalue weighted by Gasteiger charge is -2.04. The van der Waals surface area contributed by atoms with E-state index in [0.717, 1.165) is 27.9 Å². The number of rotatable bonds is 3. The molecule has 0 saturated carbocycles. The molecule has 0 spiro atoms. The molecule has 6 heteroatoms. The van der Waals surface area contributed by atoms with Gasteiger partial charge in [-0.2, -0.15) is 0 Å². The van der Waals surface area contributed by atoms with Gasteiger partial charge in [-0.3, -0.25) is 0 Å². The van der Waals surface area contributed by atoms with E-state index in [9.17, 15) is 4.79 Å². The maximum Gasteiger partial charge on any atom is 0.365 e. The monoisotopic (exact) mass is 381 g/mol. The number of aromatic nitrogens is 2. The van der Waals surface area contributed by atoms with E-state index in [-0.39, 0.29) is 0 Å². The molecule has 0 bridgehead atoms. The topological polar surface area (TPSA) is 73.7 Å². The van der Waals surface area contributed by atoms with Crippen LogP contribution in [0.25, 0.3) is 22.3 Å². The Bertz CT molecular complexity index is 1280. The van der Waals surface area contributed by atoms with E-state index in [4.69, 9.17) is 19.5 Å². The van der Waals surface area contributed by atoms with Crippen molar-refractivity contribution >= 4 is 22.7 Å². The number of oxime groups is 1. The van der Waals surface area contributed by atoms with Crippen molar-refractivity contribution in [2.24, 2.45) is 5.16 Å². The van der Waals surface area contributed by atoms with Crippen molar-refractivity contribution in [3.63, 3.8) is 0 Å². The highest BCUT2D eigenvalue weighted by atomic mass is 16.7. The first kappa shape index (κ1) is 17.1. The first-order chi connectivity index (χ1) is 14.2. The van der Waals surface area contributed by atoms with Gasteiger partial charge in [-0.05, 0) is 36.4 Å². The summed E-state index contributed by atoms with van der Waals surface area (Å²) in [5.41, 5.74) is 5.53. The number of nitrogens with zero attached hydrogens (tertiary/aromatic N) is 3. The van der Waals surface area contributed by atoms with Gasteiger partial charge < -0.3 is 9.57 Å². The van der Waals surface area contributed by atoms with Gasteiger partial charge in [-0.15, -0.1) is 0 Å². The smallest absolute Gasteiger partial charge is 0.365 e. The van der Waals surface area contributed by atoms with Crippen LogP contribution in [0.4, 0.5) is 0 Å².